The van der Waals surface area contributed by atoms with Crippen molar-refractivity contribution in [2.45, 2.75) is 0 Å². The molecule has 1 amide bonds. The first-order chi connectivity index (χ1) is 12.5. The Balaban J connectivity index is 2.55. The van der Waals surface area contributed by atoms with Gasteiger partial charge in [-0.05, 0) is 24.3 Å². The number of carbonyl (C=O) groups excluding carboxylic acids is 1. The Bertz CT molecular complexity index is 561. The van der Waals surface area contributed by atoms with E-state index in [0.717, 1.165) is 11.5 Å². The molecular weight excluding hydrogens is 336 g/mol. The molecule has 0 bridgehead atoms. The van der Waals surface area contributed by atoms with Gasteiger partial charge in [-0.1, -0.05) is 0 Å². The number of rotatable bonds is 10. The molecule has 0 fully saturated rings. The molecule has 0 spiro atoms. The minimum atomic E-state index is -0.0566. The third kappa shape index (κ3) is 8.06. The first-order valence-corrected chi connectivity index (χ1v) is 8.43. The Morgan fingerprint density at radius 1 is 1.08 bits per heavy atom. The van der Waals surface area contributed by atoms with E-state index in [1.807, 2.05) is 36.2 Å². The Hall–Kier alpha value is -2.48. The van der Waals surface area contributed by atoms with Gasteiger partial charge in [0.2, 0.25) is 5.91 Å². The van der Waals surface area contributed by atoms with Crippen molar-refractivity contribution in [3.05, 3.63) is 24.3 Å². The zero-order chi connectivity index (χ0) is 19.4. The summed E-state index contributed by atoms with van der Waals surface area (Å²) in [5, 5.41) is 3.19. The number of hydrogen-bond donors (Lipinski definition) is 1. The molecule has 0 aliphatic carbocycles. The number of methoxy groups -OCH3 is 2. The number of hydrogen-bond acceptors (Lipinski definition) is 5. The van der Waals surface area contributed by atoms with Gasteiger partial charge in [0.05, 0.1) is 20.3 Å². The molecule has 8 heteroatoms. The van der Waals surface area contributed by atoms with Gasteiger partial charge in [-0.25, -0.2) is 4.99 Å². The summed E-state index contributed by atoms with van der Waals surface area (Å²) >= 11 is 0. The fourth-order valence-electron chi connectivity index (χ4n) is 1.94. The number of benzene rings is 1. The second-order valence-corrected chi connectivity index (χ2v) is 5.79. The lowest BCUT2D eigenvalue weighted by Gasteiger charge is -2.22. The molecule has 0 saturated carbocycles. The van der Waals surface area contributed by atoms with Gasteiger partial charge in [0, 0.05) is 34.8 Å². The lowest BCUT2D eigenvalue weighted by molar-refractivity contribution is -0.127. The summed E-state index contributed by atoms with van der Waals surface area (Å²) in [7, 11) is 8.59. The van der Waals surface area contributed by atoms with Crippen LogP contribution in [0.15, 0.2) is 29.3 Å². The highest BCUT2D eigenvalue weighted by molar-refractivity contribution is 5.84. The number of carbonyl (C=O) groups is 1. The molecule has 1 aromatic rings. The average molecular weight is 366 g/mol. The molecule has 0 aromatic heterocycles. The van der Waals surface area contributed by atoms with Crippen LogP contribution in [0, 0.1) is 0 Å². The molecule has 0 saturated heterocycles. The normalized spacial score (nSPS) is 11.0. The molecule has 0 aliphatic heterocycles. The lowest BCUT2D eigenvalue weighted by atomic mass is 10.3. The number of amides is 1. The molecule has 1 aromatic carbocycles. The number of nitrogens with one attached hydrogen (secondary N) is 1. The van der Waals surface area contributed by atoms with Gasteiger partial charge >= 0.3 is 0 Å². The van der Waals surface area contributed by atoms with Crippen molar-refractivity contribution in [2.24, 2.45) is 4.99 Å². The van der Waals surface area contributed by atoms with Gasteiger partial charge in [0.1, 0.15) is 24.7 Å². The van der Waals surface area contributed by atoms with Gasteiger partial charge in [-0.15, -0.1) is 0 Å². The predicted molar refractivity (Wildman–Crippen MR) is 102 cm³/mol. The summed E-state index contributed by atoms with van der Waals surface area (Å²) in [5.41, 5.74) is 0. The molecule has 26 heavy (non-hydrogen) atoms. The van der Waals surface area contributed by atoms with Crippen molar-refractivity contribution in [3.63, 3.8) is 0 Å². The van der Waals surface area contributed by atoms with Crippen molar-refractivity contribution in [1.82, 2.24) is 15.1 Å². The second-order valence-electron chi connectivity index (χ2n) is 5.79. The number of likely N-dealkylation sites (N-methyl/N-ethyl adjacent to an activating group) is 2. The Labute approximate surface area is 155 Å². The first kappa shape index (κ1) is 21.6. The van der Waals surface area contributed by atoms with E-state index in [0.29, 0.717) is 32.3 Å². The summed E-state index contributed by atoms with van der Waals surface area (Å²) in [6, 6.07) is 7.43. The fraction of sp³-hybridized carbons (Fsp3) is 0.556. The van der Waals surface area contributed by atoms with Crippen molar-refractivity contribution in [2.75, 3.05) is 68.2 Å². The van der Waals surface area contributed by atoms with Crippen molar-refractivity contribution >= 4 is 11.9 Å². The summed E-state index contributed by atoms with van der Waals surface area (Å²) in [6.07, 6.45) is 0. The second kappa shape index (κ2) is 12.0. The number of nitrogens with zero attached hydrogens (tertiary/aromatic N) is 3. The molecule has 146 valence electrons. The minimum absolute atomic E-state index is 0.0566. The van der Waals surface area contributed by atoms with Gasteiger partial charge in [0.15, 0.2) is 5.96 Å². The zero-order valence-electron chi connectivity index (χ0n) is 16.3. The standard InChI is InChI=1S/C18H30N4O4/c1-21(2)17(23)14-20-18(19-10-12-24-4)22(3)11-13-26-16-8-6-15(25-5)7-9-16/h6-9H,10-14H2,1-5H3,(H,19,20). The van der Waals surface area contributed by atoms with Crippen molar-refractivity contribution in [3.8, 4) is 11.5 Å². The van der Waals surface area contributed by atoms with Crippen LogP contribution >= 0.6 is 0 Å². The van der Waals surface area contributed by atoms with Crippen molar-refractivity contribution in [1.29, 1.82) is 0 Å². The van der Waals surface area contributed by atoms with Crippen LogP contribution < -0.4 is 14.8 Å². The summed E-state index contributed by atoms with van der Waals surface area (Å²) < 4.78 is 15.9. The summed E-state index contributed by atoms with van der Waals surface area (Å²) in [6.45, 7) is 2.34. The topological polar surface area (TPSA) is 75.6 Å². The Morgan fingerprint density at radius 2 is 1.73 bits per heavy atom. The van der Waals surface area contributed by atoms with Gasteiger partial charge in [-0.3, -0.25) is 4.79 Å². The molecule has 0 atom stereocenters. The van der Waals surface area contributed by atoms with E-state index in [4.69, 9.17) is 14.2 Å². The molecule has 0 aliphatic rings. The quantitative estimate of drug-likeness (QED) is 0.373. The third-order valence-electron chi connectivity index (χ3n) is 3.57. The van der Waals surface area contributed by atoms with Crippen LogP contribution in [0.25, 0.3) is 0 Å². The highest BCUT2D eigenvalue weighted by Gasteiger charge is 2.09. The molecule has 8 nitrogen and oxygen atoms in total. The maximum atomic E-state index is 11.8. The smallest absolute Gasteiger partial charge is 0.243 e. The van der Waals surface area contributed by atoms with E-state index in [9.17, 15) is 4.79 Å². The van der Waals surface area contributed by atoms with Crippen LogP contribution in [0.2, 0.25) is 0 Å². The van der Waals surface area contributed by atoms with E-state index in [-0.39, 0.29) is 12.5 Å². The monoisotopic (exact) mass is 366 g/mol. The summed E-state index contributed by atoms with van der Waals surface area (Å²) in [4.78, 5) is 19.6. The molecular formula is C18H30N4O4. The molecule has 1 rings (SSSR count). The lowest BCUT2D eigenvalue weighted by Crippen LogP contribution is -2.42. The first-order valence-electron chi connectivity index (χ1n) is 8.43. The van der Waals surface area contributed by atoms with Crippen LogP contribution in [0.3, 0.4) is 0 Å². The third-order valence-corrected chi connectivity index (χ3v) is 3.57. The van der Waals surface area contributed by atoms with Crippen LogP contribution in [0.4, 0.5) is 0 Å². The van der Waals surface area contributed by atoms with E-state index >= 15 is 0 Å². The highest BCUT2D eigenvalue weighted by Crippen LogP contribution is 2.16. The molecule has 0 unspecified atom stereocenters. The van der Waals surface area contributed by atoms with Crippen LogP contribution in [0.5, 0.6) is 11.5 Å². The number of ether oxygens (including phenoxy) is 3. The van der Waals surface area contributed by atoms with Crippen molar-refractivity contribution < 1.29 is 19.0 Å². The van der Waals surface area contributed by atoms with Gasteiger partial charge < -0.3 is 29.3 Å². The number of aliphatic imine (C=N–C) groups is 1. The maximum absolute atomic E-state index is 11.8. The Morgan fingerprint density at radius 3 is 2.31 bits per heavy atom. The largest absolute Gasteiger partial charge is 0.497 e. The van der Waals surface area contributed by atoms with E-state index < -0.39 is 0 Å². The van der Waals surface area contributed by atoms with Crippen LogP contribution in [0.1, 0.15) is 0 Å². The SMILES string of the molecule is COCCNC(=NCC(=O)N(C)C)N(C)CCOc1ccc(OC)cc1. The zero-order valence-corrected chi connectivity index (χ0v) is 16.3. The summed E-state index contributed by atoms with van der Waals surface area (Å²) in [5.74, 6) is 2.14. The van der Waals surface area contributed by atoms with Crippen LogP contribution in [-0.2, 0) is 9.53 Å². The molecule has 1 N–H and O–H groups in total. The van der Waals surface area contributed by atoms with Gasteiger partial charge in [-0.2, -0.15) is 0 Å². The number of guanidine groups is 1. The van der Waals surface area contributed by atoms with E-state index in [2.05, 4.69) is 10.3 Å². The Kier molecular flexibility index (Phi) is 9.93. The van der Waals surface area contributed by atoms with E-state index in [1.165, 1.54) is 4.90 Å². The fourth-order valence-corrected chi connectivity index (χ4v) is 1.94. The highest BCUT2D eigenvalue weighted by atomic mass is 16.5. The maximum Gasteiger partial charge on any atom is 0.243 e. The van der Waals surface area contributed by atoms with E-state index in [1.54, 1.807) is 28.3 Å². The molecule has 0 radical (unpaired) electrons. The van der Waals surface area contributed by atoms with Gasteiger partial charge in [0.25, 0.3) is 0 Å². The minimum Gasteiger partial charge on any atom is -0.497 e. The van der Waals surface area contributed by atoms with Crippen LogP contribution in [-0.4, -0.2) is 89.9 Å². The molecule has 0 heterocycles. The predicted octanol–water partition coefficient (Wildman–Crippen LogP) is 0.686. The average Bonchev–Trinajstić information content (AvgIpc) is 2.64.